The van der Waals surface area contributed by atoms with Crippen LogP contribution in [-0.2, 0) is 0 Å². The van der Waals surface area contributed by atoms with Gasteiger partial charge in [-0.1, -0.05) is 36.4 Å². The molecule has 1 atom stereocenters. The minimum Gasteiger partial charge on any atom is -0.322 e. The van der Waals surface area contributed by atoms with Gasteiger partial charge in [0.1, 0.15) is 0 Å². The van der Waals surface area contributed by atoms with Crippen LogP contribution in [0, 0.1) is 6.92 Å². The van der Waals surface area contributed by atoms with Gasteiger partial charge in [0.2, 0.25) is 0 Å². The average molecular weight is 280 g/mol. The Morgan fingerprint density at radius 1 is 0.952 bits per heavy atom. The Hall–Kier alpha value is -2.46. The molecular weight excluding hydrogens is 264 g/mol. The molecule has 2 amide bonds. The van der Waals surface area contributed by atoms with Crippen LogP contribution in [0.25, 0.3) is 0 Å². The molecule has 0 spiro atoms. The fourth-order valence-electron chi connectivity index (χ4n) is 2.70. The van der Waals surface area contributed by atoms with Gasteiger partial charge in [-0.2, -0.15) is 0 Å². The lowest BCUT2D eigenvalue weighted by molar-refractivity contribution is 0.0644. The molecule has 106 valence electrons. The Balaban J connectivity index is 1.86. The number of amides is 2. The summed E-state index contributed by atoms with van der Waals surface area (Å²) in [6, 6.07) is 14.2. The van der Waals surface area contributed by atoms with E-state index in [-0.39, 0.29) is 24.4 Å². The van der Waals surface area contributed by atoms with E-state index in [4.69, 9.17) is 5.73 Å². The van der Waals surface area contributed by atoms with Gasteiger partial charge in [0, 0.05) is 12.6 Å². The Morgan fingerprint density at radius 3 is 2.05 bits per heavy atom. The third-order valence-electron chi connectivity index (χ3n) is 3.85. The fourth-order valence-corrected chi connectivity index (χ4v) is 2.70. The number of imide groups is 1. The Morgan fingerprint density at radius 2 is 1.48 bits per heavy atom. The molecule has 0 aliphatic carbocycles. The van der Waals surface area contributed by atoms with Gasteiger partial charge in [-0.3, -0.25) is 14.5 Å². The van der Waals surface area contributed by atoms with Crippen LogP contribution in [0.5, 0.6) is 0 Å². The van der Waals surface area contributed by atoms with Gasteiger partial charge in [-0.15, -0.1) is 0 Å². The molecule has 4 nitrogen and oxygen atoms in total. The standard InChI is InChI=1S/C17H16N2O2/c1-11-6-2-3-7-12(11)15(18)10-19-16(20)13-8-4-5-9-14(13)17(19)21/h2-9,15H,10,18H2,1H3. The van der Waals surface area contributed by atoms with Gasteiger partial charge >= 0.3 is 0 Å². The number of hydrogen-bond donors (Lipinski definition) is 1. The van der Waals surface area contributed by atoms with Crippen molar-refractivity contribution in [1.29, 1.82) is 0 Å². The van der Waals surface area contributed by atoms with Crippen LogP contribution >= 0.6 is 0 Å². The number of benzene rings is 2. The molecular formula is C17H16N2O2. The first kappa shape index (κ1) is 13.5. The van der Waals surface area contributed by atoms with Gasteiger partial charge in [0.25, 0.3) is 11.8 Å². The molecule has 0 aromatic heterocycles. The molecule has 2 aromatic carbocycles. The van der Waals surface area contributed by atoms with Crippen molar-refractivity contribution < 1.29 is 9.59 Å². The highest BCUT2D eigenvalue weighted by Crippen LogP contribution is 2.25. The summed E-state index contributed by atoms with van der Waals surface area (Å²) >= 11 is 0. The molecule has 0 radical (unpaired) electrons. The topological polar surface area (TPSA) is 63.4 Å². The monoisotopic (exact) mass is 280 g/mol. The van der Waals surface area contributed by atoms with Crippen LogP contribution in [-0.4, -0.2) is 23.3 Å². The summed E-state index contributed by atoms with van der Waals surface area (Å²) in [7, 11) is 0. The Labute approximate surface area is 123 Å². The number of nitrogens with zero attached hydrogens (tertiary/aromatic N) is 1. The minimum absolute atomic E-state index is 0.192. The lowest BCUT2D eigenvalue weighted by atomic mass is 10.0. The van der Waals surface area contributed by atoms with Gasteiger partial charge in [0.05, 0.1) is 11.1 Å². The summed E-state index contributed by atoms with van der Waals surface area (Å²) in [5.74, 6) is -0.528. The second-order valence-electron chi connectivity index (χ2n) is 5.23. The van der Waals surface area contributed by atoms with E-state index in [1.54, 1.807) is 24.3 Å². The first-order valence-electron chi connectivity index (χ1n) is 6.86. The van der Waals surface area contributed by atoms with Crippen LogP contribution < -0.4 is 5.73 Å². The first-order chi connectivity index (χ1) is 10.1. The van der Waals surface area contributed by atoms with Gasteiger partial charge in [0.15, 0.2) is 0 Å². The van der Waals surface area contributed by atoms with Crippen molar-refractivity contribution in [2.75, 3.05) is 6.54 Å². The van der Waals surface area contributed by atoms with Crippen LogP contribution in [0.1, 0.15) is 37.9 Å². The normalized spacial score (nSPS) is 15.2. The highest BCUT2D eigenvalue weighted by molar-refractivity contribution is 6.21. The predicted octanol–water partition coefficient (Wildman–Crippen LogP) is 2.29. The van der Waals surface area contributed by atoms with E-state index in [9.17, 15) is 9.59 Å². The van der Waals surface area contributed by atoms with Gasteiger partial charge < -0.3 is 5.73 Å². The van der Waals surface area contributed by atoms with Crippen LogP contribution in [0.2, 0.25) is 0 Å². The highest BCUT2D eigenvalue weighted by atomic mass is 16.2. The molecule has 0 saturated carbocycles. The highest BCUT2D eigenvalue weighted by Gasteiger charge is 2.36. The fraction of sp³-hybridized carbons (Fsp3) is 0.176. The molecule has 1 unspecified atom stereocenters. The zero-order valence-electron chi connectivity index (χ0n) is 11.7. The SMILES string of the molecule is Cc1ccccc1C(N)CN1C(=O)c2ccccc2C1=O. The number of carbonyl (C=O) groups excluding carboxylic acids is 2. The van der Waals surface area contributed by atoms with Crippen molar-refractivity contribution in [3.63, 3.8) is 0 Å². The second-order valence-corrected chi connectivity index (χ2v) is 5.23. The largest absolute Gasteiger partial charge is 0.322 e. The lowest BCUT2D eigenvalue weighted by Crippen LogP contribution is -2.36. The lowest BCUT2D eigenvalue weighted by Gasteiger charge is -2.20. The molecule has 1 aliphatic heterocycles. The molecule has 21 heavy (non-hydrogen) atoms. The summed E-state index contributed by atoms with van der Waals surface area (Å²) in [4.78, 5) is 25.9. The van der Waals surface area contributed by atoms with E-state index >= 15 is 0 Å². The number of carbonyl (C=O) groups is 2. The minimum atomic E-state index is -0.381. The number of fused-ring (bicyclic) bond motifs is 1. The van der Waals surface area contributed by atoms with Crippen molar-refractivity contribution >= 4 is 11.8 Å². The number of rotatable bonds is 3. The molecule has 0 fully saturated rings. The number of hydrogen-bond acceptors (Lipinski definition) is 3. The van der Waals surface area contributed by atoms with Crippen molar-refractivity contribution in [2.45, 2.75) is 13.0 Å². The molecule has 4 heteroatoms. The molecule has 1 aliphatic rings. The third kappa shape index (κ3) is 2.23. The van der Waals surface area contributed by atoms with E-state index < -0.39 is 0 Å². The van der Waals surface area contributed by atoms with Crippen molar-refractivity contribution in [3.05, 3.63) is 70.8 Å². The maximum absolute atomic E-state index is 12.3. The van der Waals surface area contributed by atoms with Crippen LogP contribution in [0.3, 0.4) is 0 Å². The van der Waals surface area contributed by atoms with Gasteiger partial charge in [-0.25, -0.2) is 0 Å². The van der Waals surface area contributed by atoms with Crippen LogP contribution in [0.4, 0.5) is 0 Å². The zero-order valence-corrected chi connectivity index (χ0v) is 11.7. The number of nitrogens with two attached hydrogens (primary N) is 1. The average Bonchev–Trinajstić information content (AvgIpc) is 2.73. The molecule has 0 saturated heterocycles. The third-order valence-corrected chi connectivity index (χ3v) is 3.85. The predicted molar refractivity (Wildman–Crippen MR) is 79.9 cm³/mol. The molecule has 1 heterocycles. The van der Waals surface area contributed by atoms with E-state index in [2.05, 4.69) is 0 Å². The molecule has 3 rings (SSSR count). The maximum Gasteiger partial charge on any atom is 0.261 e. The smallest absolute Gasteiger partial charge is 0.261 e. The summed E-state index contributed by atoms with van der Waals surface area (Å²) < 4.78 is 0. The van der Waals surface area contributed by atoms with Crippen molar-refractivity contribution in [2.24, 2.45) is 5.73 Å². The second kappa shape index (κ2) is 5.14. The van der Waals surface area contributed by atoms with Crippen LogP contribution in [0.15, 0.2) is 48.5 Å². The summed E-state index contributed by atoms with van der Waals surface area (Å²) in [5, 5.41) is 0. The van der Waals surface area contributed by atoms with E-state index in [1.807, 2.05) is 31.2 Å². The van der Waals surface area contributed by atoms with Crippen molar-refractivity contribution in [1.82, 2.24) is 4.90 Å². The quantitative estimate of drug-likeness (QED) is 0.877. The first-order valence-corrected chi connectivity index (χ1v) is 6.86. The summed E-state index contributed by atoms with van der Waals surface area (Å²) in [5.41, 5.74) is 9.11. The van der Waals surface area contributed by atoms with E-state index in [0.29, 0.717) is 11.1 Å². The Bertz CT molecular complexity index is 689. The van der Waals surface area contributed by atoms with Crippen molar-refractivity contribution in [3.8, 4) is 0 Å². The van der Waals surface area contributed by atoms with Gasteiger partial charge in [-0.05, 0) is 30.2 Å². The zero-order chi connectivity index (χ0) is 15.0. The number of aryl methyl sites for hydroxylation is 1. The van der Waals surface area contributed by atoms with E-state index in [1.165, 1.54) is 4.90 Å². The maximum atomic E-state index is 12.3. The summed E-state index contributed by atoms with van der Waals surface area (Å²) in [6.45, 7) is 2.16. The molecule has 2 N–H and O–H groups in total. The molecule has 0 bridgehead atoms. The van der Waals surface area contributed by atoms with E-state index in [0.717, 1.165) is 11.1 Å². The Kier molecular flexibility index (Phi) is 3.31. The summed E-state index contributed by atoms with van der Waals surface area (Å²) in [6.07, 6.45) is 0. The molecule has 2 aromatic rings.